The van der Waals surface area contributed by atoms with Crippen LogP contribution in [0.2, 0.25) is 0 Å². The van der Waals surface area contributed by atoms with E-state index in [9.17, 15) is 14.4 Å². The Bertz CT molecular complexity index is 910. The van der Waals surface area contributed by atoms with Crippen molar-refractivity contribution in [2.24, 2.45) is 5.73 Å². The maximum atomic E-state index is 12.7. The normalized spacial score (nSPS) is 19.0. The van der Waals surface area contributed by atoms with Crippen molar-refractivity contribution < 1.29 is 19.1 Å². The Kier molecular flexibility index (Phi) is 5.74. The number of hydrogen-bond acceptors (Lipinski definition) is 5. The van der Waals surface area contributed by atoms with Gasteiger partial charge in [0.1, 0.15) is 11.9 Å². The van der Waals surface area contributed by atoms with Crippen LogP contribution in [0.25, 0.3) is 0 Å². The molecule has 0 spiro atoms. The van der Waals surface area contributed by atoms with Crippen molar-refractivity contribution in [3.8, 4) is 0 Å². The fourth-order valence-electron chi connectivity index (χ4n) is 3.19. The van der Waals surface area contributed by atoms with Gasteiger partial charge in [0.05, 0.1) is 12.2 Å². The van der Waals surface area contributed by atoms with Crippen molar-refractivity contribution in [3.05, 3.63) is 83.2 Å². The van der Waals surface area contributed by atoms with Gasteiger partial charge in [-0.1, -0.05) is 48.5 Å². The third kappa shape index (κ3) is 3.88. The van der Waals surface area contributed by atoms with E-state index < -0.39 is 29.7 Å². The summed E-state index contributed by atoms with van der Waals surface area (Å²) in [6, 6.07) is 16.5. The van der Waals surface area contributed by atoms with Gasteiger partial charge in [0.15, 0.2) is 0 Å². The number of esters is 1. The molecule has 2 aromatic rings. The largest absolute Gasteiger partial charge is 0.463 e. The minimum Gasteiger partial charge on any atom is -0.463 e. The molecule has 1 heterocycles. The Labute approximate surface area is 162 Å². The molecule has 2 aromatic carbocycles. The molecule has 0 saturated carbocycles. The second kappa shape index (κ2) is 8.39. The molecule has 1 aliphatic rings. The summed E-state index contributed by atoms with van der Waals surface area (Å²) in [5, 5.41) is 5.21. The molecular formula is C21H21N3O4. The van der Waals surface area contributed by atoms with E-state index in [-0.39, 0.29) is 18.0 Å². The van der Waals surface area contributed by atoms with Crippen LogP contribution in [0.1, 0.15) is 28.8 Å². The van der Waals surface area contributed by atoms with E-state index in [1.807, 2.05) is 6.07 Å². The number of rotatable bonds is 5. The molecule has 0 aromatic heterocycles. The first kappa shape index (κ1) is 19.2. The number of carbonyl (C=O) groups is 3. The Morgan fingerprint density at radius 2 is 1.68 bits per heavy atom. The summed E-state index contributed by atoms with van der Waals surface area (Å²) in [6.45, 7) is 1.84. The number of hydrogen-bond donors (Lipinski definition) is 3. The van der Waals surface area contributed by atoms with Gasteiger partial charge in [-0.25, -0.2) is 4.79 Å². The average Bonchev–Trinajstić information content (AvgIpc) is 2.71. The molecule has 4 N–H and O–H groups in total. The van der Waals surface area contributed by atoms with E-state index in [0.29, 0.717) is 11.1 Å². The molecule has 144 valence electrons. The monoisotopic (exact) mass is 379 g/mol. The van der Waals surface area contributed by atoms with Crippen LogP contribution in [0.15, 0.2) is 72.1 Å². The van der Waals surface area contributed by atoms with Crippen molar-refractivity contribution >= 4 is 17.8 Å². The number of nitrogens with one attached hydrogen (secondary N) is 2. The highest BCUT2D eigenvalue weighted by Crippen LogP contribution is 2.33. The van der Waals surface area contributed by atoms with Gasteiger partial charge < -0.3 is 21.1 Å². The van der Waals surface area contributed by atoms with Crippen LogP contribution in [0.4, 0.5) is 0 Å². The number of carbonyl (C=O) groups excluding carboxylic acids is 3. The lowest BCUT2D eigenvalue weighted by molar-refractivity contribution is -0.139. The number of nitrogens with two attached hydrogens (primary N) is 1. The lowest BCUT2D eigenvalue weighted by Gasteiger charge is -2.33. The van der Waals surface area contributed by atoms with Crippen molar-refractivity contribution in [3.63, 3.8) is 0 Å². The number of amides is 2. The maximum absolute atomic E-state index is 12.7. The predicted octanol–water partition coefficient (Wildman–Crippen LogP) is 1.43. The highest BCUT2D eigenvalue weighted by Gasteiger charge is 2.42. The van der Waals surface area contributed by atoms with Crippen molar-refractivity contribution in [1.29, 1.82) is 0 Å². The second-order valence-electron chi connectivity index (χ2n) is 6.24. The lowest BCUT2D eigenvalue weighted by atomic mass is 9.81. The Hall–Kier alpha value is -3.61. The fourth-order valence-corrected chi connectivity index (χ4v) is 3.19. The minimum atomic E-state index is -1.03. The topological polar surface area (TPSA) is 111 Å². The van der Waals surface area contributed by atoms with Crippen LogP contribution < -0.4 is 16.4 Å². The van der Waals surface area contributed by atoms with Gasteiger partial charge in [-0.05, 0) is 24.6 Å². The molecule has 7 heteroatoms. The van der Waals surface area contributed by atoms with Gasteiger partial charge in [0.2, 0.25) is 5.91 Å². The zero-order valence-electron chi connectivity index (χ0n) is 15.3. The summed E-state index contributed by atoms with van der Waals surface area (Å²) < 4.78 is 5.14. The molecule has 0 bridgehead atoms. The van der Waals surface area contributed by atoms with Crippen molar-refractivity contribution in [2.45, 2.75) is 18.9 Å². The Morgan fingerprint density at radius 3 is 2.29 bits per heavy atom. The molecule has 0 radical (unpaired) electrons. The fraction of sp³-hybridized carbons (Fsp3) is 0.190. The van der Waals surface area contributed by atoms with Crippen LogP contribution in [0, 0.1) is 0 Å². The summed E-state index contributed by atoms with van der Waals surface area (Å²) in [6.07, 6.45) is 0. The van der Waals surface area contributed by atoms with Crippen molar-refractivity contribution in [2.75, 3.05) is 6.61 Å². The van der Waals surface area contributed by atoms with Crippen molar-refractivity contribution in [1.82, 2.24) is 10.6 Å². The van der Waals surface area contributed by atoms with Gasteiger partial charge in [-0.2, -0.15) is 0 Å². The third-order valence-corrected chi connectivity index (χ3v) is 4.45. The number of ether oxygens (including phenoxy) is 1. The highest BCUT2D eigenvalue weighted by molar-refractivity contribution is 6.02. The highest BCUT2D eigenvalue weighted by atomic mass is 16.5. The van der Waals surface area contributed by atoms with E-state index in [1.165, 1.54) is 0 Å². The lowest BCUT2D eigenvalue weighted by Crippen LogP contribution is -2.55. The zero-order valence-corrected chi connectivity index (χ0v) is 15.3. The molecule has 3 rings (SSSR count). The summed E-state index contributed by atoms with van der Waals surface area (Å²) in [4.78, 5) is 37.9. The quantitative estimate of drug-likeness (QED) is 0.681. The van der Waals surface area contributed by atoms with Crippen LogP contribution >= 0.6 is 0 Å². The Morgan fingerprint density at radius 1 is 1.07 bits per heavy atom. The van der Waals surface area contributed by atoms with Gasteiger partial charge >= 0.3 is 5.97 Å². The molecule has 1 aliphatic heterocycles. The van der Waals surface area contributed by atoms with Gasteiger partial charge in [-0.3, -0.25) is 9.59 Å². The Balaban J connectivity index is 2.02. The van der Waals surface area contributed by atoms with E-state index in [1.54, 1.807) is 61.5 Å². The number of benzene rings is 2. The SMILES string of the molecule is CCOC(=O)C1=C(N)NC(=O)C(NC(=O)c2ccccc2)C1c1ccccc1. The average molecular weight is 379 g/mol. The first-order valence-electron chi connectivity index (χ1n) is 8.91. The first-order chi connectivity index (χ1) is 13.5. The van der Waals surface area contributed by atoms with Crippen LogP contribution in [0.3, 0.4) is 0 Å². The summed E-state index contributed by atoms with van der Waals surface area (Å²) in [7, 11) is 0. The summed E-state index contributed by atoms with van der Waals surface area (Å²) in [5.74, 6) is -2.40. The smallest absolute Gasteiger partial charge is 0.338 e. The first-order valence-corrected chi connectivity index (χ1v) is 8.91. The van der Waals surface area contributed by atoms with E-state index in [2.05, 4.69) is 10.6 Å². The van der Waals surface area contributed by atoms with Gasteiger partial charge in [0, 0.05) is 11.5 Å². The van der Waals surface area contributed by atoms with Crippen LogP contribution in [-0.4, -0.2) is 30.4 Å². The van der Waals surface area contributed by atoms with E-state index >= 15 is 0 Å². The molecule has 0 fully saturated rings. The van der Waals surface area contributed by atoms with Gasteiger partial charge in [-0.15, -0.1) is 0 Å². The maximum Gasteiger partial charge on any atom is 0.338 e. The standard InChI is InChI=1S/C21H21N3O4/c1-2-28-21(27)16-15(13-9-5-3-6-10-13)17(20(26)24-18(16)22)23-19(25)14-11-7-4-8-12-14/h3-12,15,17H,2,22H2,1H3,(H,23,25)(H,24,26). The third-order valence-electron chi connectivity index (χ3n) is 4.45. The molecule has 2 unspecified atom stereocenters. The second-order valence-corrected chi connectivity index (χ2v) is 6.24. The zero-order chi connectivity index (χ0) is 20.1. The molecule has 28 heavy (non-hydrogen) atoms. The summed E-state index contributed by atoms with van der Waals surface area (Å²) >= 11 is 0. The minimum absolute atomic E-state index is 0.0671. The van der Waals surface area contributed by atoms with Gasteiger partial charge in [0.25, 0.3) is 5.91 Å². The predicted molar refractivity (Wildman–Crippen MR) is 103 cm³/mol. The van der Waals surface area contributed by atoms with E-state index in [4.69, 9.17) is 10.5 Å². The summed E-state index contributed by atoms with van der Waals surface area (Å²) in [5.41, 5.74) is 7.16. The molecule has 0 aliphatic carbocycles. The van der Waals surface area contributed by atoms with Crippen LogP contribution in [-0.2, 0) is 14.3 Å². The molecule has 2 amide bonds. The van der Waals surface area contributed by atoms with E-state index in [0.717, 1.165) is 0 Å². The molecule has 2 atom stereocenters. The molecule has 7 nitrogen and oxygen atoms in total. The molecule has 0 saturated heterocycles. The van der Waals surface area contributed by atoms with Crippen LogP contribution in [0.5, 0.6) is 0 Å². The molecular weight excluding hydrogens is 358 g/mol.